The molecule has 0 radical (unpaired) electrons. The summed E-state index contributed by atoms with van der Waals surface area (Å²) in [6, 6.07) is 8.86. The maximum Gasteiger partial charge on any atom is 0.314 e. The number of ether oxygens (including phenoxy) is 1. The second-order valence-corrected chi connectivity index (χ2v) is 7.56. The molecule has 3 rings (SSSR count). The number of fused-ring (bicyclic) bond motifs is 1. The average molecular weight is 325 g/mol. The Labute approximate surface area is 145 Å². The van der Waals surface area contributed by atoms with Crippen molar-refractivity contribution < 1.29 is 9.53 Å². The molecule has 3 heteroatoms. The summed E-state index contributed by atoms with van der Waals surface area (Å²) in [7, 11) is 0. The molecular formula is C21H27NO2. The van der Waals surface area contributed by atoms with Crippen LogP contribution in [0, 0.1) is 35.0 Å². The molecule has 2 saturated carbocycles. The lowest BCUT2D eigenvalue weighted by atomic mass is 9.64. The van der Waals surface area contributed by atoms with E-state index in [-0.39, 0.29) is 11.9 Å². The number of hydrogen-bond acceptors (Lipinski definition) is 3. The fourth-order valence-electron chi connectivity index (χ4n) is 4.67. The van der Waals surface area contributed by atoms with Crippen molar-refractivity contribution in [2.24, 2.45) is 23.7 Å². The topological polar surface area (TPSA) is 50.1 Å². The average Bonchev–Trinajstić information content (AvgIpc) is 2.62. The van der Waals surface area contributed by atoms with Gasteiger partial charge in [0.15, 0.2) is 0 Å². The van der Waals surface area contributed by atoms with E-state index in [1.54, 1.807) is 24.3 Å². The van der Waals surface area contributed by atoms with E-state index >= 15 is 0 Å². The molecule has 0 aromatic heterocycles. The summed E-state index contributed by atoms with van der Waals surface area (Å²) in [5.74, 6) is 2.96. The van der Waals surface area contributed by atoms with E-state index < -0.39 is 0 Å². The van der Waals surface area contributed by atoms with E-state index in [1.165, 1.54) is 38.5 Å². The molecule has 1 aromatic carbocycles. The zero-order valence-electron chi connectivity index (χ0n) is 14.5. The summed E-state index contributed by atoms with van der Waals surface area (Å²) in [5.41, 5.74) is 0.583. The van der Waals surface area contributed by atoms with Crippen LogP contribution in [0.3, 0.4) is 0 Å². The predicted octanol–water partition coefficient (Wildman–Crippen LogP) is 5.10. The van der Waals surface area contributed by atoms with Crippen LogP contribution in [0.25, 0.3) is 0 Å². The monoisotopic (exact) mass is 325 g/mol. The van der Waals surface area contributed by atoms with E-state index in [1.807, 2.05) is 0 Å². The molecule has 3 nitrogen and oxygen atoms in total. The van der Waals surface area contributed by atoms with Gasteiger partial charge in [0.05, 0.1) is 17.6 Å². The molecule has 2 aliphatic carbocycles. The molecular weight excluding hydrogens is 298 g/mol. The largest absolute Gasteiger partial charge is 0.426 e. The number of benzene rings is 1. The van der Waals surface area contributed by atoms with Crippen LogP contribution in [-0.4, -0.2) is 5.97 Å². The second-order valence-electron chi connectivity index (χ2n) is 7.56. The van der Waals surface area contributed by atoms with Gasteiger partial charge >= 0.3 is 5.97 Å². The van der Waals surface area contributed by atoms with Crippen LogP contribution in [0.2, 0.25) is 0 Å². The Kier molecular flexibility index (Phi) is 5.56. The van der Waals surface area contributed by atoms with E-state index in [4.69, 9.17) is 10.00 Å². The number of nitrogens with zero attached hydrogens (tertiary/aromatic N) is 1. The highest BCUT2D eigenvalue weighted by molar-refractivity contribution is 5.75. The lowest BCUT2D eigenvalue weighted by Gasteiger charge is -2.41. The van der Waals surface area contributed by atoms with E-state index in [2.05, 4.69) is 13.0 Å². The Morgan fingerprint density at radius 3 is 2.54 bits per heavy atom. The number of rotatable bonds is 4. The van der Waals surface area contributed by atoms with E-state index in [0.29, 0.717) is 17.2 Å². The van der Waals surface area contributed by atoms with Crippen LogP contribution in [0.15, 0.2) is 24.3 Å². The third kappa shape index (κ3) is 3.98. The third-order valence-corrected chi connectivity index (χ3v) is 5.95. The first kappa shape index (κ1) is 17.0. The molecule has 0 heterocycles. The Bertz CT molecular complexity index is 601. The van der Waals surface area contributed by atoms with Crippen molar-refractivity contribution in [2.45, 2.75) is 58.3 Å². The lowest BCUT2D eigenvalue weighted by Crippen LogP contribution is -2.35. The van der Waals surface area contributed by atoms with Crippen molar-refractivity contribution in [2.75, 3.05) is 0 Å². The van der Waals surface area contributed by atoms with Crippen LogP contribution in [0.5, 0.6) is 5.75 Å². The smallest absolute Gasteiger partial charge is 0.314 e. The van der Waals surface area contributed by atoms with Gasteiger partial charge in [0, 0.05) is 0 Å². The summed E-state index contributed by atoms with van der Waals surface area (Å²) < 4.78 is 5.54. The first-order valence-corrected chi connectivity index (χ1v) is 9.41. The summed E-state index contributed by atoms with van der Waals surface area (Å²) >= 11 is 0. The summed E-state index contributed by atoms with van der Waals surface area (Å²) in [6.45, 7) is 2.28. The van der Waals surface area contributed by atoms with Gasteiger partial charge in [0.1, 0.15) is 5.75 Å². The second kappa shape index (κ2) is 7.83. The predicted molar refractivity (Wildman–Crippen MR) is 93.4 cm³/mol. The highest BCUT2D eigenvalue weighted by Gasteiger charge is 2.38. The standard InChI is InChI=1S/C21H27NO2/c1-2-3-15-4-7-18-13-19(9-8-17(18)12-15)21(23)24-20-10-5-16(14-22)6-11-20/h5-6,10-11,15,17-19H,2-4,7-9,12-13H2,1H3. The minimum absolute atomic E-state index is 0.0459. The maximum atomic E-state index is 12.5. The molecule has 0 bridgehead atoms. The molecule has 0 saturated heterocycles. The molecule has 24 heavy (non-hydrogen) atoms. The minimum Gasteiger partial charge on any atom is -0.426 e. The van der Waals surface area contributed by atoms with Crippen LogP contribution < -0.4 is 4.74 Å². The van der Waals surface area contributed by atoms with Crippen molar-refractivity contribution in [1.29, 1.82) is 5.26 Å². The molecule has 2 aliphatic rings. The molecule has 1 aromatic rings. The SMILES string of the molecule is CCCC1CCC2CC(C(=O)Oc3ccc(C#N)cc3)CCC2C1. The zero-order chi connectivity index (χ0) is 16.9. The van der Waals surface area contributed by atoms with E-state index in [0.717, 1.165) is 24.7 Å². The molecule has 0 amide bonds. The molecule has 2 fully saturated rings. The van der Waals surface area contributed by atoms with Gasteiger partial charge in [-0.05, 0) is 74.1 Å². The molecule has 128 valence electrons. The Morgan fingerprint density at radius 1 is 1.12 bits per heavy atom. The summed E-state index contributed by atoms with van der Waals surface area (Å²) in [4.78, 5) is 12.5. The molecule has 4 atom stereocenters. The Balaban J connectivity index is 1.53. The van der Waals surface area contributed by atoms with Crippen molar-refractivity contribution in [3.05, 3.63) is 29.8 Å². The minimum atomic E-state index is -0.0890. The Hall–Kier alpha value is -1.82. The van der Waals surface area contributed by atoms with Crippen LogP contribution >= 0.6 is 0 Å². The molecule has 0 N–H and O–H groups in total. The lowest BCUT2D eigenvalue weighted by molar-refractivity contribution is -0.141. The molecule has 4 unspecified atom stereocenters. The van der Waals surface area contributed by atoms with Gasteiger partial charge in [-0.25, -0.2) is 0 Å². The van der Waals surface area contributed by atoms with E-state index in [9.17, 15) is 4.79 Å². The fraction of sp³-hybridized carbons (Fsp3) is 0.619. The van der Waals surface area contributed by atoms with Gasteiger partial charge in [-0.15, -0.1) is 0 Å². The van der Waals surface area contributed by atoms with Crippen molar-refractivity contribution in [1.82, 2.24) is 0 Å². The number of carbonyl (C=O) groups excluding carboxylic acids is 1. The number of esters is 1. The van der Waals surface area contributed by atoms with Gasteiger partial charge in [-0.2, -0.15) is 5.26 Å². The number of nitriles is 1. The highest BCUT2D eigenvalue weighted by Crippen LogP contribution is 2.45. The number of hydrogen-bond donors (Lipinski definition) is 0. The van der Waals surface area contributed by atoms with Gasteiger partial charge in [0.25, 0.3) is 0 Å². The fourth-order valence-corrected chi connectivity index (χ4v) is 4.67. The van der Waals surface area contributed by atoms with Gasteiger partial charge in [0.2, 0.25) is 0 Å². The van der Waals surface area contributed by atoms with Crippen molar-refractivity contribution in [3.8, 4) is 11.8 Å². The maximum absolute atomic E-state index is 12.5. The van der Waals surface area contributed by atoms with Gasteiger partial charge in [-0.3, -0.25) is 4.79 Å². The van der Waals surface area contributed by atoms with Crippen molar-refractivity contribution in [3.63, 3.8) is 0 Å². The van der Waals surface area contributed by atoms with Crippen LogP contribution in [0.1, 0.15) is 63.9 Å². The zero-order valence-corrected chi connectivity index (χ0v) is 14.5. The normalized spacial score (nSPS) is 29.3. The highest BCUT2D eigenvalue weighted by atomic mass is 16.5. The quantitative estimate of drug-likeness (QED) is 0.572. The molecule has 0 spiro atoms. The van der Waals surface area contributed by atoms with Crippen molar-refractivity contribution >= 4 is 5.97 Å². The first-order valence-electron chi connectivity index (χ1n) is 9.41. The van der Waals surface area contributed by atoms with Crippen LogP contribution in [0.4, 0.5) is 0 Å². The van der Waals surface area contributed by atoms with Gasteiger partial charge < -0.3 is 4.74 Å². The number of carbonyl (C=O) groups is 1. The Morgan fingerprint density at radius 2 is 1.83 bits per heavy atom. The van der Waals surface area contributed by atoms with Gasteiger partial charge in [-0.1, -0.05) is 26.2 Å². The summed E-state index contributed by atoms with van der Waals surface area (Å²) in [6.07, 6.45) is 9.80. The third-order valence-electron chi connectivity index (χ3n) is 5.95. The molecule has 0 aliphatic heterocycles. The summed E-state index contributed by atoms with van der Waals surface area (Å²) in [5, 5.41) is 8.82. The first-order chi connectivity index (χ1) is 11.7. The van der Waals surface area contributed by atoms with Crippen LogP contribution in [-0.2, 0) is 4.79 Å².